The molecule has 2 rings (SSSR count). The minimum atomic E-state index is -3.00. The van der Waals surface area contributed by atoms with Crippen molar-refractivity contribution in [3.8, 4) is 5.75 Å². The van der Waals surface area contributed by atoms with E-state index in [1.54, 1.807) is 6.07 Å². The summed E-state index contributed by atoms with van der Waals surface area (Å²) in [6.07, 6.45) is 3.69. The zero-order valence-electron chi connectivity index (χ0n) is 10.9. The van der Waals surface area contributed by atoms with Crippen molar-refractivity contribution in [2.75, 3.05) is 18.6 Å². The molecule has 4 nitrogen and oxygen atoms in total. The van der Waals surface area contributed by atoms with E-state index in [0.29, 0.717) is 16.8 Å². The Labute approximate surface area is 119 Å². The van der Waals surface area contributed by atoms with E-state index in [-0.39, 0.29) is 12.4 Å². The van der Waals surface area contributed by atoms with Crippen LogP contribution in [-0.4, -0.2) is 33.1 Å². The highest BCUT2D eigenvalue weighted by Crippen LogP contribution is 2.26. The number of halogens is 1. The monoisotopic (exact) mass is 303 g/mol. The number of hydrogen-bond acceptors (Lipinski definition) is 4. The fourth-order valence-corrected chi connectivity index (χ4v) is 2.27. The molecule has 19 heavy (non-hydrogen) atoms. The second-order valence-corrected chi connectivity index (χ2v) is 7.57. The normalized spacial score (nSPS) is 15.5. The summed E-state index contributed by atoms with van der Waals surface area (Å²) < 4.78 is 27.4. The number of nitrogens with one attached hydrogen (secondary N) is 1. The van der Waals surface area contributed by atoms with E-state index in [0.717, 1.165) is 12.1 Å². The summed E-state index contributed by atoms with van der Waals surface area (Å²) in [6.45, 7) is 0.923. The van der Waals surface area contributed by atoms with Gasteiger partial charge in [0.05, 0.1) is 10.8 Å². The van der Waals surface area contributed by atoms with Crippen LogP contribution in [0.15, 0.2) is 18.2 Å². The minimum Gasteiger partial charge on any atom is -0.491 e. The summed E-state index contributed by atoms with van der Waals surface area (Å²) >= 11 is 6.11. The first-order chi connectivity index (χ1) is 8.94. The van der Waals surface area contributed by atoms with Crippen molar-refractivity contribution in [3.05, 3.63) is 28.8 Å². The molecule has 0 unspecified atom stereocenters. The molecule has 1 aromatic carbocycles. The van der Waals surface area contributed by atoms with E-state index in [1.807, 2.05) is 12.1 Å². The van der Waals surface area contributed by atoms with Crippen LogP contribution in [0.4, 0.5) is 0 Å². The SMILES string of the molecule is CS(=O)(=O)CCOc1ccc(CNC2CC2)cc1Cl. The van der Waals surface area contributed by atoms with Crippen LogP contribution >= 0.6 is 11.6 Å². The second-order valence-electron chi connectivity index (χ2n) is 4.90. The lowest BCUT2D eigenvalue weighted by atomic mass is 10.2. The highest BCUT2D eigenvalue weighted by atomic mass is 35.5. The molecule has 0 bridgehead atoms. The van der Waals surface area contributed by atoms with Crippen molar-refractivity contribution >= 4 is 21.4 Å². The van der Waals surface area contributed by atoms with Crippen molar-refractivity contribution in [3.63, 3.8) is 0 Å². The standard InChI is InChI=1S/C13H18ClNO3S/c1-19(16,17)7-6-18-13-5-2-10(8-12(13)14)9-15-11-3-4-11/h2,5,8,11,15H,3-4,6-7,9H2,1H3. The van der Waals surface area contributed by atoms with Crippen LogP contribution in [0.25, 0.3) is 0 Å². The number of rotatable bonds is 7. The summed E-state index contributed by atoms with van der Waals surface area (Å²) in [4.78, 5) is 0. The maximum absolute atomic E-state index is 11.0. The molecule has 0 spiro atoms. The topological polar surface area (TPSA) is 55.4 Å². The maximum Gasteiger partial charge on any atom is 0.150 e. The van der Waals surface area contributed by atoms with E-state index < -0.39 is 9.84 Å². The lowest BCUT2D eigenvalue weighted by molar-refractivity contribution is 0.341. The molecule has 0 aromatic heterocycles. The third kappa shape index (κ3) is 5.38. The van der Waals surface area contributed by atoms with Crippen molar-refractivity contribution in [1.29, 1.82) is 0 Å². The van der Waals surface area contributed by atoms with Crippen LogP contribution in [0.2, 0.25) is 5.02 Å². The summed E-state index contributed by atoms with van der Waals surface area (Å²) in [5, 5.41) is 3.92. The Balaban J connectivity index is 1.86. The van der Waals surface area contributed by atoms with Crippen molar-refractivity contribution in [2.45, 2.75) is 25.4 Å². The van der Waals surface area contributed by atoms with Crippen molar-refractivity contribution < 1.29 is 13.2 Å². The predicted molar refractivity (Wildman–Crippen MR) is 76.5 cm³/mol. The van der Waals surface area contributed by atoms with Crippen LogP contribution < -0.4 is 10.1 Å². The van der Waals surface area contributed by atoms with Crippen LogP contribution in [0.5, 0.6) is 5.75 Å². The van der Waals surface area contributed by atoms with Crippen LogP contribution in [0.3, 0.4) is 0 Å². The molecule has 0 aliphatic heterocycles. The van der Waals surface area contributed by atoms with Crippen molar-refractivity contribution in [2.24, 2.45) is 0 Å². The quantitative estimate of drug-likeness (QED) is 0.837. The molecule has 106 valence electrons. The maximum atomic E-state index is 11.0. The highest BCUT2D eigenvalue weighted by molar-refractivity contribution is 7.90. The van der Waals surface area contributed by atoms with E-state index >= 15 is 0 Å². The number of benzene rings is 1. The van der Waals surface area contributed by atoms with Gasteiger partial charge < -0.3 is 10.1 Å². The zero-order chi connectivity index (χ0) is 13.9. The number of ether oxygens (including phenoxy) is 1. The molecule has 6 heteroatoms. The van der Waals surface area contributed by atoms with Gasteiger partial charge in [-0.15, -0.1) is 0 Å². The van der Waals surface area contributed by atoms with Gasteiger partial charge in [-0.25, -0.2) is 8.42 Å². The Bertz CT molecular complexity index is 541. The molecule has 0 radical (unpaired) electrons. The van der Waals surface area contributed by atoms with E-state index in [2.05, 4.69) is 5.32 Å². The van der Waals surface area contributed by atoms with Gasteiger partial charge in [-0.3, -0.25) is 0 Å². The van der Waals surface area contributed by atoms with Crippen LogP contribution in [0, 0.1) is 0 Å². The van der Waals surface area contributed by atoms with Gasteiger partial charge >= 0.3 is 0 Å². The van der Waals surface area contributed by atoms with Gasteiger partial charge in [0.25, 0.3) is 0 Å². The van der Waals surface area contributed by atoms with Gasteiger partial charge in [-0.2, -0.15) is 0 Å². The number of sulfone groups is 1. The molecule has 0 atom stereocenters. The van der Waals surface area contributed by atoms with Gasteiger partial charge in [0.2, 0.25) is 0 Å². The molecule has 1 aliphatic rings. The lowest BCUT2D eigenvalue weighted by Gasteiger charge is -2.09. The summed E-state index contributed by atoms with van der Waals surface area (Å²) in [5.74, 6) is 0.523. The fourth-order valence-electron chi connectivity index (χ4n) is 1.62. The average molecular weight is 304 g/mol. The average Bonchev–Trinajstić information content (AvgIpc) is 3.11. The van der Waals surface area contributed by atoms with Gasteiger partial charge in [0, 0.05) is 18.8 Å². The number of hydrogen-bond donors (Lipinski definition) is 1. The molecule has 1 N–H and O–H groups in total. The second kappa shape index (κ2) is 6.11. The van der Waals surface area contributed by atoms with Gasteiger partial charge in [0.1, 0.15) is 12.4 Å². The molecular weight excluding hydrogens is 286 g/mol. The third-order valence-electron chi connectivity index (χ3n) is 2.88. The van der Waals surface area contributed by atoms with Gasteiger partial charge in [0.15, 0.2) is 9.84 Å². The first kappa shape index (κ1) is 14.6. The Hall–Kier alpha value is -0.780. The van der Waals surface area contributed by atoms with E-state index in [1.165, 1.54) is 19.1 Å². The van der Waals surface area contributed by atoms with Gasteiger partial charge in [-0.05, 0) is 30.5 Å². The first-order valence-corrected chi connectivity index (χ1v) is 8.70. The Morgan fingerprint density at radius 1 is 1.42 bits per heavy atom. The Kier molecular flexibility index (Phi) is 4.71. The first-order valence-electron chi connectivity index (χ1n) is 6.26. The summed E-state index contributed by atoms with van der Waals surface area (Å²) in [6, 6.07) is 6.24. The lowest BCUT2D eigenvalue weighted by Crippen LogP contribution is -2.15. The summed E-state index contributed by atoms with van der Waals surface area (Å²) in [7, 11) is -3.00. The molecule has 1 saturated carbocycles. The predicted octanol–water partition coefficient (Wildman–Crippen LogP) is 2.02. The largest absolute Gasteiger partial charge is 0.491 e. The third-order valence-corrected chi connectivity index (χ3v) is 4.08. The van der Waals surface area contributed by atoms with E-state index in [4.69, 9.17) is 16.3 Å². The van der Waals surface area contributed by atoms with E-state index in [9.17, 15) is 8.42 Å². The van der Waals surface area contributed by atoms with Crippen molar-refractivity contribution in [1.82, 2.24) is 5.32 Å². The molecule has 0 saturated heterocycles. The smallest absolute Gasteiger partial charge is 0.150 e. The van der Waals surface area contributed by atoms with Gasteiger partial charge in [-0.1, -0.05) is 17.7 Å². The molecular formula is C13H18ClNO3S. The highest BCUT2D eigenvalue weighted by Gasteiger charge is 2.20. The Morgan fingerprint density at radius 2 is 2.16 bits per heavy atom. The molecule has 0 amide bonds. The fraction of sp³-hybridized carbons (Fsp3) is 0.538. The van der Waals surface area contributed by atoms with Crippen LogP contribution in [-0.2, 0) is 16.4 Å². The van der Waals surface area contributed by atoms with Crippen LogP contribution in [0.1, 0.15) is 18.4 Å². The zero-order valence-corrected chi connectivity index (χ0v) is 12.4. The molecule has 1 aromatic rings. The summed E-state index contributed by atoms with van der Waals surface area (Å²) in [5.41, 5.74) is 1.10. The molecule has 1 fully saturated rings. The molecule has 1 aliphatic carbocycles. The Morgan fingerprint density at radius 3 is 2.74 bits per heavy atom. The minimum absolute atomic E-state index is 0.00564. The molecule has 0 heterocycles.